The quantitative estimate of drug-likeness (QED) is 0.150. The van der Waals surface area contributed by atoms with Crippen molar-refractivity contribution in [1.29, 1.82) is 0 Å². The van der Waals surface area contributed by atoms with Crippen LogP contribution in [-0.2, 0) is 52.5 Å². The Hall–Kier alpha value is -3.27. The van der Waals surface area contributed by atoms with E-state index in [1.165, 1.54) is 13.8 Å². The van der Waals surface area contributed by atoms with Gasteiger partial charge in [0.25, 0.3) is 0 Å². The Kier molecular flexibility index (Phi) is 11.9. The molecule has 1 unspecified atom stereocenters. The van der Waals surface area contributed by atoms with E-state index in [1.807, 2.05) is 0 Å². The van der Waals surface area contributed by atoms with Crippen LogP contribution in [0.15, 0.2) is 4.58 Å². The van der Waals surface area contributed by atoms with Gasteiger partial charge in [0, 0.05) is 51.1 Å². The molecule has 16 heteroatoms. The van der Waals surface area contributed by atoms with E-state index >= 15 is 0 Å². The molecule has 15 nitrogen and oxygen atoms in total. The second-order valence-corrected chi connectivity index (χ2v) is 9.92. The van der Waals surface area contributed by atoms with Crippen molar-refractivity contribution in [3.63, 3.8) is 0 Å². The van der Waals surface area contributed by atoms with Crippen LogP contribution in [0.1, 0.15) is 48.5 Å². The first-order valence-corrected chi connectivity index (χ1v) is 11.7. The molecule has 0 aromatic carbocycles. The number of esters is 4. The summed E-state index contributed by atoms with van der Waals surface area (Å²) >= 11 is 0.490. The minimum atomic E-state index is -1.61. The van der Waals surface area contributed by atoms with Gasteiger partial charge in [-0.15, -0.1) is 4.91 Å². The standard InChI is InChI=1S/C21H31N3O12S/c1-9(25)22-18(21(6,7)37-24-31)19(30)23-15-17(34-12(4)28)16(33-11(3)27)14(8-32-10(2)26)36-20(15)35-13(5)29/h14-18,20H,8H2,1-7H3,(H,22,25)(H,23,30)/t14-,15-,16-,17-,18?,20-/m1/s1. The van der Waals surface area contributed by atoms with E-state index in [4.69, 9.17) is 23.7 Å². The summed E-state index contributed by atoms with van der Waals surface area (Å²) in [5, 5.41) is 4.92. The molecular weight excluding hydrogens is 518 g/mol. The van der Waals surface area contributed by atoms with Crippen LogP contribution in [0.5, 0.6) is 0 Å². The minimum Gasteiger partial charge on any atom is -0.463 e. The first-order chi connectivity index (χ1) is 17.1. The highest BCUT2D eigenvalue weighted by atomic mass is 32.2. The molecule has 37 heavy (non-hydrogen) atoms. The second-order valence-electron chi connectivity index (χ2n) is 8.54. The van der Waals surface area contributed by atoms with Crippen LogP contribution in [0, 0.1) is 4.91 Å². The molecule has 1 fully saturated rings. The van der Waals surface area contributed by atoms with Crippen LogP contribution in [0.2, 0.25) is 0 Å². The Bertz CT molecular complexity index is 911. The van der Waals surface area contributed by atoms with Crippen LogP contribution in [-0.4, -0.2) is 83.7 Å². The van der Waals surface area contributed by atoms with Crippen molar-refractivity contribution in [2.45, 2.75) is 89.9 Å². The first-order valence-electron chi connectivity index (χ1n) is 11.0. The Morgan fingerprint density at radius 1 is 0.892 bits per heavy atom. The second kappa shape index (κ2) is 13.9. The van der Waals surface area contributed by atoms with Gasteiger partial charge in [0.1, 0.15) is 24.8 Å². The summed E-state index contributed by atoms with van der Waals surface area (Å²) in [6.45, 7) is 7.91. The molecule has 1 saturated heterocycles. The van der Waals surface area contributed by atoms with Gasteiger partial charge >= 0.3 is 23.9 Å². The van der Waals surface area contributed by atoms with Crippen LogP contribution in [0.3, 0.4) is 0 Å². The topological polar surface area (TPSA) is 202 Å². The molecule has 0 radical (unpaired) electrons. The fourth-order valence-corrected chi connectivity index (χ4v) is 3.94. The van der Waals surface area contributed by atoms with Crippen molar-refractivity contribution in [3.05, 3.63) is 4.91 Å². The van der Waals surface area contributed by atoms with Crippen molar-refractivity contribution < 1.29 is 52.5 Å². The number of rotatable bonds is 11. The Morgan fingerprint density at radius 2 is 1.43 bits per heavy atom. The number of hydrogen-bond donors (Lipinski definition) is 2. The number of amides is 2. The molecule has 0 spiro atoms. The Labute approximate surface area is 217 Å². The number of nitroso groups, excluding NO2 is 1. The van der Waals surface area contributed by atoms with Crippen LogP contribution in [0.4, 0.5) is 0 Å². The van der Waals surface area contributed by atoms with Gasteiger partial charge in [-0.1, -0.05) is 0 Å². The van der Waals surface area contributed by atoms with Crippen molar-refractivity contribution in [3.8, 4) is 0 Å². The molecule has 208 valence electrons. The summed E-state index contributed by atoms with van der Waals surface area (Å²) in [5.74, 6) is -4.71. The van der Waals surface area contributed by atoms with E-state index in [0.29, 0.717) is 11.9 Å². The molecule has 0 saturated carbocycles. The molecule has 1 aliphatic rings. The zero-order valence-corrected chi connectivity index (χ0v) is 22.2. The lowest BCUT2D eigenvalue weighted by Gasteiger charge is -2.45. The Balaban J connectivity index is 3.54. The van der Waals surface area contributed by atoms with Crippen molar-refractivity contribution in [1.82, 2.24) is 10.6 Å². The lowest BCUT2D eigenvalue weighted by Crippen LogP contribution is -2.69. The first kappa shape index (κ1) is 31.8. The Morgan fingerprint density at radius 3 is 1.89 bits per heavy atom. The van der Waals surface area contributed by atoms with Gasteiger partial charge in [-0.3, -0.25) is 28.8 Å². The highest BCUT2D eigenvalue weighted by Gasteiger charge is 2.53. The third-order valence-electron chi connectivity index (χ3n) is 4.87. The van der Waals surface area contributed by atoms with Gasteiger partial charge in [-0.25, -0.2) is 0 Å². The van der Waals surface area contributed by atoms with Gasteiger partial charge in [0.2, 0.25) is 18.1 Å². The van der Waals surface area contributed by atoms with Crippen LogP contribution in [0.25, 0.3) is 0 Å². The van der Waals surface area contributed by atoms with E-state index in [2.05, 4.69) is 15.2 Å². The van der Waals surface area contributed by atoms with Crippen molar-refractivity contribution in [2.75, 3.05) is 6.61 Å². The van der Waals surface area contributed by atoms with Crippen LogP contribution >= 0.6 is 11.9 Å². The monoisotopic (exact) mass is 549 g/mol. The van der Waals surface area contributed by atoms with Gasteiger partial charge < -0.3 is 34.3 Å². The third-order valence-corrected chi connectivity index (χ3v) is 5.65. The van der Waals surface area contributed by atoms with Crippen molar-refractivity contribution >= 4 is 47.6 Å². The summed E-state index contributed by atoms with van der Waals surface area (Å²) in [4.78, 5) is 83.1. The number of carbonyl (C=O) groups is 6. The van der Waals surface area contributed by atoms with E-state index in [0.717, 1.165) is 34.6 Å². The predicted octanol–water partition coefficient (Wildman–Crippen LogP) is -0.116. The molecule has 0 aromatic heterocycles. The highest BCUT2D eigenvalue weighted by Crippen LogP contribution is 2.31. The molecule has 0 aliphatic carbocycles. The minimum absolute atomic E-state index is 0.479. The van der Waals surface area contributed by atoms with Crippen molar-refractivity contribution in [2.24, 2.45) is 4.58 Å². The SMILES string of the molecule is CC(=O)NC(C(=O)N[C@H]1[C@H](OC(C)=O)O[C@H](COC(C)=O)[C@@H](OC(C)=O)[C@@H]1OC(C)=O)C(C)(C)SN=O. The van der Waals surface area contributed by atoms with E-state index < -0.39 is 83.7 Å². The van der Waals surface area contributed by atoms with E-state index in [1.54, 1.807) is 0 Å². The summed E-state index contributed by atoms with van der Waals surface area (Å²) in [7, 11) is 0. The molecule has 1 aliphatic heterocycles. The molecule has 1 heterocycles. The lowest BCUT2D eigenvalue weighted by molar-refractivity contribution is -0.271. The molecule has 0 bridgehead atoms. The number of nitrogens with one attached hydrogen (secondary N) is 2. The van der Waals surface area contributed by atoms with Gasteiger partial charge in [-0.05, 0) is 13.8 Å². The maximum Gasteiger partial charge on any atom is 0.305 e. The summed E-state index contributed by atoms with van der Waals surface area (Å²) in [6, 6.07) is -2.82. The van der Waals surface area contributed by atoms with Gasteiger partial charge in [0.15, 0.2) is 12.2 Å². The molecule has 1 rings (SSSR count). The molecule has 0 aromatic rings. The lowest BCUT2D eigenvalue weighted by atomic mass is 9.94. The number of ether oxygens (including phenoxy) is 5. The van der Waals surface area contributed by atoms with E-state index in [9.17, 15) is 33.7 Å². The fraction of sp³-hybridized carbons (Fsp3) is 0.714. The summed E-state index contributed by atoms with van der Waals surface area (Å²) in [6.07, 6.45) is -5.80. The zero-order valence-electron chi connectivity index (χ0n) is 21.4. The smallest absolute Gasteiger partial charge is 0.305 e. The number of hydrogen-bond acceptors (Lipinski definition) is 14. The number of carbonyl (C=O) groups excluding carboxylic acids is 6. The number of nitrogens with zero attached hydrogens (tertiary/aromatic N) is 1. The largest absolute Gasteiger partial charge is 0.463 e. The molecular formula is C21H31N3O12S. The van der Waals surface area contributed by atoms with Gasteiger partial charge in [0.05, 0.1) is 4.75 Å². The van der Waals surface area contributed by atoms with E-state index in [-0.39, 0.29) is 0 Å². The zero-order chi connectivity index (χ0) is 28.5. The normalized spacial score (nSPS) is 24.0. The maximum absolute atomic E-state index is 13.4. The molecule has 2 N–H and O–H groups in total. The molecule has 6 atom stereocenters. The third kappa shape index (κ3) is 9.95. The fourth-order valence-electron chi connectivity index (χ4n) is 3.47. The maximum atomic E-state index is 13.4. The highest BCUT2D eigenvalue weighted by molar-refractivity contribution is 7.99. The average Bonchev–Trinajstić information content (AvgIpc) is 2.73. The summed E-state index contributed by atoms with van der Waals surface area (Å²) in [5.41, 5.74) is 0. The average molecular weight is 550 g/mol. The van der Waals surface area contributed by atoms with Crippen LogP contribution < -0.4 is 10.6 Å². The van der Waals surface area contributed by atoms with Gasteiger partial charge in [-0.2, -0.15) is 0 Å². The predicted molar refractivity (Wildman–Crippen MR) is 125 cm³/mol. The molecule has 2 amide bonds. The summed E-state index contributed by atoms with van der Waals surface area (Å²) < 4.78 is 28.0.